The molecule has 1 aliphatic rings. The molecule has 4 nitrogen and oxygen atoms in total. The molecule has 0 spiro atoms. The van der Waals surface area contributed by atoms with Crippen molar-refractivity contribution in [1.82, 2.24) is 5.32 Å². The maximum Gasteiger partial charge on any atom is 0.417 e. The Kier molecular flexibility index (Phi) is 6.42. The molecule has 0 unspecified atom stereocenters. The second kappa shape index (κ2) is 8.99. The molecule has 1 N–H and O–H groups in total. The van der Waals surface area contributed by atoms with Crippen LogP contribution in [0.2, 0.25) is 0 Å². The number of anilines is 1. The number of carbonyl (C=O) groups excluding carboxylic acids is 1. The number of alkyl halides is 3. The fourth-order valence-corrected chi connectivity index (χ4v) is 3.15. The van der Waals surface area contributed by atoms with E-state index >= 15 is 0 Å². The fourth-order valence-electron chi connectivity index (χ4n) is 3.15. The first-order valence-corrected chi connectivity index (χ1v) is 9.53. The Morgan fingerprint density at radius 2 is 1.90 bits per heavy atom. The lowest BCUT2D eigenvalue weighted by Gasteiger charge is -2.25. The third-order valence-electron chi connectivity index (χ3n) is 4.88. The van der Waals surface area contributed by atoms with Gasteiger partial charge in [0.05, 0.1) is 23.7 Å². The summed E-state index contributed by atoms with van der Waals surface area (Å²) in [7, 11) is 0. The van der Waals surface area contributed by atoms with Crippen molar-refractivity contribution in [1.29, 1.82) is 5.26 Å². The number of carbonyl (C=O) groups is 1. The van der Waals surface area contributed by atoms with Crippen LogP contribution in [0.25, 0.3) is 0 Å². The zero-order valence-corrected chi connectivity index (χ0v) is 15.9. The lowest BCUT2D eigenvalue weighted by atomic mass is 10.1. The Balaban J connectivity index is 1.68. The van der Waals surface area contributed by atoms with E-state index in [0.717, 1.165) is 24.5 Å². The van der Waals surface area contributed by atoms with E-state index in [1.165, 1.54) is 12.1 Å². The van der Waals surface area contributed by atoms with Crippen LogP contribution in [0.5, 0.6) is 0 Å². The summed E-state index contributed by atoms with van der Waals surface area (Å²) in [4.78, 5) is 14.1. The van der Waals surface area contributed by atoms with Gasteiger partial charge in [0.25, 0.3) is 0 Å². The monoisotopic (exact) mass is 401 g/mol. The van der Waals surface area contributed by atoms with E-state index < -0.39 is 17.3 Å². The number of nitrogens with one attached hydrogen (secondary N) is 1. The molecule has 2 aromatic rings. The fraction of sp³-hybridized carbons (Fsp3) is 0.364. The minimum absolute atomic E-state index is 0.0194. The largest absolute Gasteiger partial charge is 0.417 e. The van der Waals surface area contributed by atoms with Gasteiger partial charge in [-0.1, -0.05) is 30.3 Å². The highest BCUT2D eigenvalue weighted by atomic mass is 19.4. The van der Waals surface area contributed by atoms with Gasteiger partial charge in [-0.05, 0) is 48.9 Å². The number of benzene rings is 2. The highest BCUT2D eigenvalue weighted by Crippen LogP contribution is 2.36. The molecule has 7 heteroatoms. The van der Waals surface area contributed by atoms with E-state index in [4.69, 9.17) is 5.26 Å². The first-order valence-electron chi connectivity index (χ1n) is 9.53. The summed E-state index contributed by atoms with van der Waals surface area (Å²) in [6.07, 6.45) is -1.92. The van der Waals surface area contributed by atoms with Gasteiger partial charge in [-0.2, -0.15) is 18.4 Å². The molecule has 3 rings (SSSR count). The minimum Gasteiger partial charge on any atom is -0.362 e. The standard InChI is InChI=1S/C22H22F3N3O/c23-22(24,25)20-12-19(9-8-18(20)13-26)28(14-17-6-7-17)15-21(29)27-11-10-16-4-2-1-3-5-16/h1-5,8-9,12,17H,6-7,10-11,14-15H2,(H,27,29). The van der Waals surface area contributed by atoms with Gasteiger partial charge >= 0.3 is 6.18 Å². The first-order chi connectivity index (χ1) is 13.9. The normalized spacial score (nSPS) is 13.6. The van der Waals surface area contributed by atoms with Crippen molar-refractivity contribution < 1.29 is 18.0 Å². The molecule has 0 radical (unpaired) electrons. The molecule has 1 saturated carbocycles. The van der Waals surface area contributed by atoms with Crippen LogP contribution in [0.4, 0.5) is 18.9 Å². The maximum atomic E-state index is 13.3. The van der Waals surface area contributed by atoms with Crippen molar-refractivity contribution in [2.75, 3.05) is 24.5 Å². The number of nitriles is 1. The highest BCUT2D eigenvalue weighted by Gasteiger charge is 2.35. The van der Waals surface area contributed by atoms with Gasteiger partial charge in [-0.25, -0.2) is 0 Å². The third-order valence-corrected chi connectivity index (χ3v) is 4.88. The summed E-state index contributed by atoms with van der Waals surface area (Å²) in [6, 6.07) is 14.9. The zero-order chi connectivity index (χ0) is 20.9. The molecule has 2 aromatic carbocycles. The van der Waals surface area contributed by atoms with Gasteiger partial charge in [0.2, 0.25) is 5.91 Å². The topological polar surface area (TPSA) is 56.1 Å². The molecule has 0 bridgehead atoms. The number of nitrogens with zero attached hydrogens (tertiary/aromatic N) is 2. The molecule has 1 amide bonds. The smallest absolute Gasteiger partial charge is 0.362 e. The van der Waals surface area contributed by atoms with E-state index in [0.29, 0.717) is 31.1 Å². The Hall–Kier alpha value is -3.01. The Labute approximate surface area is 167 Å². The molecule has 29 heavy (non-hydrogen) atoms. The van der Waals surface area contributed by atoms with E-state index in [2.05, 4.69) is 5.32 Å². The van der Waals surface area contributed by atoms with Crippen LogP contribution in [0.15, 0.2) is 48.5 Å². The Morgan fingerprint density at radius 3 is 2.52 bits per heavy atom. The van der Waals surface area contributed by atoms with Crippen LogP contribution in [0, 0.1) is 17.2 Å². The van der Waals surface area contributed by atoms with Gasteiger partial charge < -0.3 is 10.2 Å². The maximum absolute atomic E-state index is 13.3. The van der Waals surface area contributed by atoms with E-state index in [1.807, 2.05) is 30.3 Å². The average molecular weight is 401 g/mol. The number of rotatable bonds is 8. The van der Waals surface area contributed by atoms with Crippen molar-refractivity contribution >= 4 is 11.6 Å². The number of amides is 1. The Morgan fingerprint density at radius 1 is 1.17 bits per heavy atom. The SMILES string of the molecule is N#Cc1ccc(N(CC(=O)NCCc2ccccc2)CC2CC2)cc1C(F)(F)F. The van der Waals surface area contributed by atoms with E-state index in [-0.39, 0.29) is 12.5 Å². The van der Waals surface area contributed by atoms with Crippen LogP contribution in [0.3, 0.4) is 0 Å². The number of hydrogen-bond acceptors (Lipinski definition) is 3. The molecule has 1 aliphatic carbocycles. The predicted molar refractivity (Wildman–Crippen MR) is 104 cm³/mol. The van der Waals surface area contributed by atoms with Crippen LogP contribution in [-0.2, 0) is 17.4 Å². The molecule has 152 valence electrons. The molecular formula is C22H22F3N3O. The molecule has 0 aliphatic heterocycles. The van der Waals surface area contributed by atoms with Crippen molar-refractivity contribution in [2.24, 2.45) is 5.92 Å². The van der Waals surface area contributed by atoms with Crippen molar-refractivity contribution in [3.63, 3.8) is 0 Å². The lowest BCUT2D eigenvalue weighted by Crippen LogP contribution is -2.39. The first kappa shape index (κ1) is 20.7. The van der Waals surface area contributed by atoms with Gasteiger partial charge in [0, 0.05) is 18.8 Å². The number of hydrogen-bond donors (Lipinski definition) is 1. The lowest BCUT2D eigenvalue weighted by molar-refractivity contribution is -0.137. The highest BCUT2D eigenvalue weighted by molar-refractivity contribution is 5.81. The van der Waals surface area contributed by atoms with Gasteiger partial charge in [-0.3, -0.25) is 4.79 Å². The van der Waals surface area contributed by atoms with E-state index in [1.54, 1.807) is 11.0 Å². The second-order valence-electron chi connectivity index (χ2n) is 7.25. The van der Waals surface area contributed by atoms with Crippen molar-refractivity contribution in [2.45, 2.75) is 25.4 Å². The summed E-state index contributed by atoms with van der Waals surface area (Å²) in [5, 5.41) is 11.8. The van der Waals surface area contributed by atoms with Crippen LogP contribution in [-0.4, -0.2) is 25.5 Å². The van der Waals surface area contributed by atoms with Gasteiger partial charge in [0.15, 0.2) is 0 Å². The van der Waals surface area contributed by atoms with E-state index in [9.17, 15) is 18.0 Å². The number of halogens is 3. The molecule has 0 atom stereocenters. The van der Waals surface area contributed by atoms with Gasteiger partial charge in [-0.15, -0.1) is 0 Å². The molecular weight excluding hydrogens is 379 g/mol. The quantitative estimate of drug-likeness (QED) is 0.723. The van der Waals surface area contributed by atoms with Crippen molar-refractivity contribution in [3.8, 4) is 6.07 Å². The predicted octanol–water partition coefficient (Wildman–Crippen LogP) is 4.15. The molecule has 1 fully saturated rings. The molecule has 0 heterocycles. The van der Waals surface area contributed by atoms with Crippen molar-refractivity contribution in [3.05, 3.63) is 65.2 Å². The van der Waals surface area contributed by atoms with Crippen LogP contribution in [0.1, 0.15) is 29.5 Å². The summed E-state index contributed by atoms with van der Waals surface area (Å²) in [5.74, 6) is 0.150. The summed E-state index contributed by atoms with van der Waals surface area (Å²) < 4.78 is 39.9. The molecule has 0 aromatic heterocycles. The molecule has 0 saturated heterocycles. The summed E-state index contributed by atoms with van der Waals surface area (Å²) in [5.41, 5.74) is 0.0219. The summed E-state index contributed by atoms with van der Waals surface area (Å²) in [6.45, 7) is 0.963. The van der Waals surface area contributed by atoms with Crippen LogP contribution >= 0.6 is 0 Å². The minimum atomic E-state index is -4.62. The second-order valence-corrected chi connectivity index (χ2v) is 7.25. The summed E-state index contributed by atoms with van der Waals surface area (Å²) >= 11 is 0. The van der Waals surface area contributed by atoms with Crippen LogP contribution < -0.4 is 10.2 Å². The Bertz CT molecular complexity index is 886. The third kappa shape index (κ3) is 5.98. The average Bonchev–Trinajstić information content (AvgIpc) is 3.51. The van der Waals surface area contributed by atoms with Gasteiger partial charge in [0.1, 0.15) is 0 Å². The zero-order valence-electron chi connectivity index (χ0n) is 15.9.